The van der Waals surface area contributed by atoms with Crippen molar-refractivity contribution in [3.8, 4) is 0 Å². The third-order valence-corrected chi connectivity index (χ3v) is 5.05. The number of amides is 1. The van der Waals surface area contributed by atoms with Crippen LogP contribution in [0.4, 0.5) is 5.69 Å². The summed E-state index contributed by atoms with van der Waals surface area (Å²) < 4.78 is 23.2. The third-order valence-electron chi connectivity index (χ3n) is 4.00. The summed E-state index contributed by atoms with van der Waals surface area (Å²) >= 11 is 0. The fourth-order valence-corrected chi connectivity index (χ4v) is 3.54. The zero-order valence-corrected chi connectivity index (χ0v) is 15.0. The Bertz CT molecular complexity index is 1110. The molecule has 0 heterocycles. The number of carbonyl (C=O) groups excluding carboxylic acids is 1. The quantitative estimate of drug-likeness (QED) is 0.693. The topological polar surface area (TPSA) is 89.3 Å². The third kappa shape index (κ3) is 3.99. The van der Waals surface area contributed by atoms with Crippen LogP contribution in [-0.4, -0.2) is 14.3 Å². The number of nitrogens with one attached hydrogen (secondary N) is 1. The Balaban J connectivity index is 1.82. The largest absolute Gasteiger partial charge is 0.322 e. The highest BCUT2D eigenvalue weighted by atomic mass is 32.2. The average molecular weight is 366 g/mol. The Kier molecular flexibility index (Phi) is 4.88. The minimum Gasteiger partial charge on any atom is -0.322 e. The molecule has 5 nitrogen and oxygen atoms in total. The van der Waals surface area contributed by atoms with Crippen molar-refractivity contribution in [3.63, 3.8) is 0 Å². The maximum absolute atomic E-state index is 12.2. The summed E-state index contributed by atoms with van der Waals surface area (Å²) in [6.45, 7) is 1.64. The van der Waals surface area contributed by atoms with E-state index in [4.69, 9.17) is 5.14 Å². The molecule has 0 saturated heterocycles. The molecule has 0 saturated carbocycles. The van der Waals surface area contributed by atoms with E-state index >= 15 is 0 Å². The summed E-state index contributed by atoms with van der Waals surface area (Å²) in [6.07, 6.45) is 3.14. The van der Waals surface area contributed by atoms with Crippen molar-refractivity contribution >= 4 is 38.5 Å². The van der Waals surface area contributed by atoms with Gasteiger partial charge in [0.15, 0.2) is 0 Å². The van der Waals surface area contributed by atoms with E-state index in [9.17, 15) is 13.2 Å². The fraction of sp³-hybridized carbons (Fsp3) is 0.0500. The molecule has 0 unspecified atom stereocenters. The van der Waals surface area contributed by atoms with Crippen LogP contribution in [0.15, 0.2) is 71.6 Å². The van der Waals surface area contributed by atoms with Gasteiger partial charge in [0.1, 0.15) is 0 Å². The highest BCUT2D eigenvalue weighted by Crippen LogP contribution is 2.21. The van der Waals surface area contributed by atoms with Gasteiger partial charge >= 0.3 is 0 Å². The van der Waals surface area contributed by atoms with E-state index < -0.39 is 10.0 Å². The normalized spacial score (nSPS) is 11.8. The number of nitrogens with two attached hydrogens (primary N) is 1. The van der Waals surface area contributed by atoms with E-state index in [1.807, 2.05) is 42.5 Å². The van der Waals surface area contributed by atoms with Crippen LogP contribution < -0.4 is 10.5 Å². The number of hydrogen-bond acceptors (Lipinski definition) is 3. The van der Waals surface area contributed by atoms with Gasteiger partial charge < -0.3 is 5.32 Å². The van der Waals surface area contributed by atoms with E-state index in [-0.39, 0.29) is 10.8 Å². The maximum Gasteiger partial charge on any atom is 0.248 e. The van der Waals surface area contributed by atoms with Crippen molar-refractivity contribution in [2.24, 2.45) is 5.14 Å². The first-order valence-corrected chi connectivity index (χ1v) is 9.49. The molecule has 132 valence electrons. The molecule has 1 amide bonds. The van der Waals surface area contributed by atoms with Gasteiger partial charge in [-0.2, -0.15) is 0 Å². The second kappa shape index (κ2) is 7.11. The van der Waals surface area contributed by atoms with Crippen LogP contribution >= 0.6 is 0 Å². The molecule has 0 atom stereocenters. The second-order valence-corrected chi connectivity index (χ2v) is 7.45. The predicted octanol–water partition coefficient (Wildman–Crippen LogP) is 3.45. The Labute approximate surface area is 152 Å². The molecule has 0 aliphatic heterocycles. The van der Waals surface area contributed by atoms with Crippen LogP contribution in [0.1, 0.15) is 11.1 Å². The smallest absolute Gasteiger partial charge is 0.248 e. The Morgan fingerprint density at radius 1 is 1.04 bits per heavy atom. The molecule has 0 fully saturated rings. The number of sulfonamides is 1. The van der Waals surface area contributed by atoms with Crippen LogP contribution in [-0.2, 0) is 14.8 Å². The standard InChI is InChI=1S/C20H18N2O3S/c1-14-9-11-17(13-19(14)26(21,24)25)22-20(23)12-10-16-7-4-6-15-5-2-3-8-18(15)16/h2-13H,1H3,(H,22,23)(H2,21,24,25)/b12-10+. The van der Waals surface area contributed by atoms with Gasteiger partial charge in [-0.15, -0.1) is 0 Å². The molecule has 3 aromatic carbocycles. The number of benzene rings is 3. The molecule has 3 aromatic rings. The number of anilines is 1. The summed E-state index contributed by atoms with van der Waals surface area (Å²) in [6, 6.07) is 18.4. The zero-order chi connectivity index (χ0) is 18.7. The molecule has 0 bridgehead atoms. The highest BCUT2D eigenvalue weighted by molar-refractivity contribution is 7.89. The first kappa shape index (κ1) is 17.8. The number of carbonyl (C=O) groups is 1. The number of primary sulfonamides is 1. The van der Waals surface area contributed by atoms with Gasteiger partial charge in [0, 0.05) is 11.8 Å². The van der Waals surface area contributed by atoms with Crippen LogP contribution in [0.25, 0.3) is 16.8 Å². The van der Waals surface area contributed by atoms with Gasteiger partial charge in [-0.1, -0.05) is 48.5 Å². The summed E-state index contributed by atoms with van der Waals surface area (Å²) in [5.41, 5.74) is 1.82. The van der Waals surface area contributed by atoms with Crippen LogP contribution in [0.5, 0.6) is 0 Å². The summed E-state index contributed by atoms with van der Waals surface area (Å²) in [5, 5.41) is 9.98. The van der Waals surface area contributed by atoms with E-state index in [2.05, 4.69) is 5.32 Å². The predicted molar refractivity (Wildman–Crippen MR) is 104 cm³/mol. The minimum atomic E-state index is -3.84. The molecule has 26 heavy (non-hydrogen) atoms. The van der Waals surface area contributed by atoms with Gasteiger partial charge in [-0.25, -0.2) is 13.6 Å². The molecular formula is C20H18N2O3S. The number of fused-ring (bicyclic) bond motifs is 1. The number of aryl methyl sites for hydroxylation is 1. The lowest BCUT2D eigenvalue weighted by molar-refractivity contribution is -0.111. The number of hydrogen-bond donors (Lipinski definition) is 2. The summed E-state index contributed by atoms with van der Waals surface area (Å²) in [4.78, 5) is 12.2. The fourth-order valence-electron chi connectivity index (χ4n) is 2.73. The van der Waals surface area contributed by atoms with Gasteiger partial charge in [0.05, 0.1) is 4.90 Å². The van der Waals surface area contributed by atoms with Gasteiger partial charge in [0.25, 0.3) is 0 Å². The first-order valence-electron chi connectivity index (χ1n) is 7.95. The minimum absolute atomic E-state index is 0.00617. The summed E-state index contributed by atoms with van der Waals surface area (Å²) in [5.74, 6) is -0.359. The first-order chi connectivity index (χ1) is 12.3. The molecule has 0 spiro atoms. The Morgan fingerprint density at radius 2 is 1.77 bits per heavy atom. The lowest BCUT2D eigenvalue weighted by Gasteiger charge is -2.07. The van der Waals surface area contributed by atoms with E-state index in [0.29, 0.717) is 11.3 Å². The van der Waals surface area contributed by atoms with E-state index in [1.54, 1.807) is 25.1 Å². The molecule has 0 aliphatic carbocycles. The number of rotatable bonds is 4. The maximum atomic E-state index is 12.2. The van der Waals surface area contributed by atoms with E-state index in [0.717, 1.165) is 16.3 Å². The molecule has 0 aliphatic rings. The van der Waals surface area contributed by atoms with Gasteiger partial charge in [-0.05, 0) is 47.0 Å². The van der Waals surface area contributed by atoms with Gasteiger partial charge in [0.2, 0.25) is 15.9 Å². The van der Waals surface area contributed by atoms with Crippen molar-refractivity contribution < 1.29 is 13.2 Å². The molecular weight excluding hydrogens is 348 g/mol. The zero-order valence-electron chi connectivity index (χ0n) is 14.1. The Morgan fingerprint density at radius 3 is 2.54 bits per heavy atom. The van der Waals surface area contributed by atoms with Crippen molar-refractivity contribution in [1.82, 2.24) is 0 Å². The van der Waals surface area contributed by atoms with Crippen molar-refractivity contribution in [2.45, 2.75) is 11.8 Å². The van der Waals surface area contributed by atoms with Crippen LogP contribution in [0.2, 0.25) is 0 Å². The lowest BCUT2D eigenvalue weighted by atomic mass is 10.0. The molecule has 3 N–H and O–H groups in total. The van der Waals surface area contributed by atoms with Crippen molar-refractivity contribution in [2.75, 3.05) is 5.32 Å². The molecule has 0 radical (unpaired) electrons. The molecule has 0 aromatic heterocycles. The average Bonchev–Trinajstić information content (AvgIpc) is 2.60. The van der Waals surface area contributed by atoms with Crippen molar-refractivity contribution in [1.29, 1.82) is 0 Å². The second-order valence-electron chi connectivity index (χ2n) is 5.92. The lowest BCUT2D eigenvalue weighted by Crippen LogP contribution is -2.15. The Hall–Kier alpha value is -2.96. The molecule has 3 rings (SSSR count). The van der Waals surface area contributed by atoms with Crippen LogP contribution in [0, 0.1) is 6.92 Å². The monoisotopic (exact) mass is 366 g/mol. The highest BCUT2D eigenvalue weighted by Gasteiger charge is 2.12. The SMILES string of the molecule is Cc1ccc(NC(=O)/C=C/c2cccc3ccccc23)cc1S(N)(=O)=O. The van der Waals surface area contributed by atoms with Gasteiger partial charge in [-0.3, -0.25) is 4.79 Å². The van der Waals surface area contributed by atoms with E-state index in [1.165, 1.54) is 12.1 Å². The van der Waals surface area contributed by atoms with Crippen LogP contribution in [0.3, 0.4) is 0 Å². The summed E-state index contributed by atoms with van der Waals surface area (Å²) in [7, 11) is -3.84. The molecule has 6 heteroatoms. The van der Waals surface area contributed by atoms with Crippen molar-refractivity contribution in [3.05, 3.63) is 77.9 Å².